The molecule has 2 fully saturated rings. The molecule has 0 unspecified atom stereocenters. The first-order valence-corrected chi connectivity index (χ1v) is 8.82. The monoisotopic (exact) mass is 350 g/mol. The molecule has 0 radical (unpaired) electrons. The number of hydrogen-bond acceptors (Lipinski definition) is 5. The Labute approximate surface area is 146 Å². The third-order valence-electron chi connectivity index (χ3n) is 4.69. The quantitative estimate of drug-likeness (QED) is 0.600. The summed E-state index contributed by atoms with van der Waals surface area (Å²) in [6.45, 7) is 2.42. The van der Waals surface area contributed by atoms with E-state index in [9.17, 15) is 9.59 Å². The maximum absolute atomic E-state index is 12.8. The van der Waals surface area contributed by atoms with Gasteiger partial charge in [-0.1, -0.05) is 12.8 Å². The smallest absolute Gasteiger partial charge is 0.326 e. The molecule has 0 N–H and O–H groups in total. The molecule has 2 aliphatic rings. The fourth-order valence-corrected chi connectivity index (χ4v) is 3.95. The summed E-state index contributed by atoms with van der Waals surface area (Å²) in [6, 6.07) is 3.82. The molecule has 3 rings (SSSR count). The van der Waals surface area contributed by atoms with E-state index in [2.05, 4.69) is 0 Å². The molecular formula is C17H22N2O4S. The molecule has 2 atom stereocenters. The molecule has 1 saturated carbocycles. The average Bonchev–Trinajstić information content (AvgIpc) is 3.09. The molecule has 1 aromatic heterocycles. The van der Waals surface area contributed by atoms with Crippen LogP contribution in [0.5, 0.6) is 0 Å². The van der Waals surface area contributed by atoms with E-state index < -0.39 is 5.97 Å². The lowest BCUT2D eigenvalue weighted by Crippen LogP contribution is -2.62. The molecule has 1 aliphatic heterocycles. The van der Waals surface area contributed by atoms with Gasteiger partial charge in [0.1, 0.15) is 12.3 Å². The molecule has 1 aliphatic carbocycles. The maximum atomic E-state index is 12.8. The topological polar surface area (TPSA) is 63.0 Å². The zero-order valence-corrected chi connectivity index (χ0v) is 14.6. The second kappa shape index (κ2) is 7.34. The van der Waals surface area contributed by atoms with E-state index in [1.165, 1.54) is 4.90 Å². The number of ether oxygens (including phenoxy) is 1. The van der Waals surface area contributed by atoms with Crippen LogP contribution in [-0.2, 0) is 20.9 Å². The van der Waals surface area contributed by atoms with Crippen molar-refractivity contribution in [2.24, 2.45) is 5.92 Å². The largest absolute Gasteiger partial charge is 0.467 e. The van der Waals surface area contributed by atoms with Gasteiger partial charge in [-0.25, -0.2) is 0 Å². The van der Waals surface area contributed by atoms with Crippen LogP contribution in [-0.4, -0.2) is 46.0 Å². The lowest BCUT2D eigenvalue weighted by molar-refractivity contribution is -0.150. The molecule has 1 saturated heterocycles. The van der Waals surface area contributed by atoms with E-state index in [0.29, 0.717) is 11.7 Å². The van der Waals surface area contributed by atoms with Crippen LogP contribution in [0.4, 0.5) is 0 Å². The van der Waals surface area contributed by atoms with E-state index >= 15 is 0 Å². The van der Waals surface area contributed by atoms with Crippen LogP contribution in [0.25, 0.3) is 0 Å². The molecule has 0 aromatic carbocycles. The summed E-state index contributed by atoms with van der Waals surface area (Å²) in [7, 11) is 0. The van der Waals surface area contributed by atoms with Crippen molar-refractivity contribution in [1.82, 2.24) is 9.80 Å². The number of rotatable bonds is 5. The molecule has 6 nitrogen and oxygen atoms in total. The molecule has 1 aromatic rings. The van der Waals surface area contributed by atoms with Gasteiger partial charge < -0.3 is 14.1 Å². The number of nitrogens with zero attached hydrogens (tertiary/aromatic N) is 2. The number of hydrogen-bond donors (Lipinski definition) is 0. The zero-order valence-electron chi connectivity index (χ0n) is 13.8. The Morgan fingerprint density at radius 1 is 1.42 bits per heavy atom. The highest BCUT2D eigenvalue weighted by atomic mass is 32.1. The Kier molecular flexibility index (Phi) is 5.18. The molecule has 0 bridgehead atoms. The molecule has 2 heterocycles. The van der Waals surface area contributed by atoms with E-state index in [0.717, 1.165) is 31.4 Å². The van der Waals surface area contributed by atoms with E-state index in [1.807, 2.05) is 17.0 Å². The van der Waals surface area contributed by atoms with Gasteiger partial charge in [0.15, 0.2) is 5.11 Å². The third kappa shape index (κ3) is 3.31. The fourth-order valence-electron chi connectivity index (χ4n) is 3.60. The number of carbonyl (C=O) groups is 2. The van der Waals surface area contributed by atoms with Gasteiger partial charge >= 0.3 is 5.97 Å². The van der Waals surface area contributed by atoms with Crippen molar-refractivity contribution in [2.75, 3.05) is 13.2 Å². The van der Waals surface area contributed by atoms with Crippen LogP contribution in [0, 0.1) is 5.92 Å². The van der Waals surface area contributed by atoms with Crippen LogP contribution in [0.3, 0.4) is 0 Å². The Hall–Kier alpha value is -1.89. The average molecular weight is 350 g/mol. The minimum absolute atomic E-state index is 0.0477. The van der Waals surface area contributed by atoms with E-state index in [1.54, 1.807) is 13.2 Å². The number of amides is 1. The summed E-state index contributed by atoms with van der Waals surface area (Å²) in [5, 5.41) is 0.396. The maximum Gasteiger partial charge on any atom is 0.326 e. The number of esters is 1. The fraction of sp³-hybridized carbons (Fsp3) is 0.588. The summed E-state index contributed by atoms with van der Waals surface area (Å²) in [6.07, 6.45) is 5.51. The van der Waals surface area contributed by atoms with Crippen LogP contribution in [0.15, 0.2) is 22.8 Å². The standard InChI is InChI=1S/C17H22N2O4S/c1-2-22-15(20)11-19-16(21)13-7-3-4-8-14(13)18(17(19)24)10-12-6-5-9-23-12/h5-6,9,13-14H,2-4,7-8,10-11H2,1H3/t13-,14+/m0/s1. The Bertz CT molecular complexity index is 616. The van der Waals surface area contributed by atoms with Gasteiger partial charge in [-0.2, -0.15) is 0 Å². The van der Waals surface area contributed by atoms with Gasteiger partial charge in [0, 0.05) is 6.04 Å². The van der Waals surface area contributed by atoms with E-state index in [-0.39, 0.29) is 31.0 Å². The predicted octanol–water partition coefficient (Wildman–Crippen LogP) is 2.33. The van der Waals surface area contributed by atoms with Gasteiger partial charge in [-0.05, 0) is 44.1 Å². The van der Waals surface area contributed by atoms with Gasteiger partial charge in [0.25, 0.3) is 0 Å². The molecule has 7 heteroatoms. The number of furan rings is 1. The van der Waals surface area contributed by atoms with Gasteiger partial charge in [-0.15, -0.1) is 0 Å². The second-order valence-electron chi connectivity index (χ2n) is 6.18. The van der Waals surface area contributed by atoms with E-state index in [4.69, 9.17) is 21.4 Å². The molecule has 0 spiro atoms. The van der Waals surface area contributed by atoms with Crippen molar-refractivity contribution in [3.8, 4) is 0 Å². The number of fused-ring (bicyclic) bond motifs is 1. The molecule has 24 heavy (non-hydrogen) atoms. The summed E-state index contributed by atoms with van der Waals surface area (Å²) in [5.41, 5.74) is 0. The Morgan fingerprint density at radius 3 is 2.92 bits per heavy atom. The first-order chi connectivity index (χ1) is 11.6. The summed E-state index contributed by atoms with van der Waals surface area (Å²) < 4.78 is 10.4. The Morgan fingerprint density at radius 2 is 2.21 bits per heavy atom. The third-order valence-corrected chi connectivity index (χ3v) is 5.14. The number of thiocarbonyl (C=S) groups is 1. The molecule has 130 valence electrons. The van der Waals surface area contributed by atoms with Crippen LogP contribution < -0.4 is 0 Å². The first-order valence-electron chi connectivity index (χ1n) is 8.41. The summed E-state index contributed by atoms with van der Waals surface area (Å²) >= 11 is 5.55. The second-order valence-corrected chi connectivity index (χ2v) is 6.54. The number of carbonyl (C=O) groups excluding carboxylic acids is 2. The minimum Gasteiger partial charge on any atom is -0.467 e. The highest BCUT2D eigenvalue weighted by molar-refractivity contribution is 7.80. The van der Waals surface area contributed by atoms with Crippen molar-refractivity contribution in [3.05, 3.63) is 24.2 Å². The SMILES string of the molecule is CCOC(=O)CN1C(=O)[C@H]2CCCC[C@H]2N(Cc2ccco2)C1=S. The molecule has 1 amide bonds. The van der Waals surface area contributed by atoms with Gasteiger partial charge in [-0.3, -0.25) is 14.5 Å². The van der Waals surface area contributed by atoms with Crippen molar-refractivity contribution < 1.29 is 18.7 Å². The van der Waals surface area contributed by atoms with Crippen molar-refractivity contribution in [3.63, 3.8) is 0 Å². The normalized spacial score (nSPS) is 24.0. The highest BCUT2D eigenvalue weighted by Gasteiger charge is 2.45. The van der Waals surface area contributed by atoms with Crippen molar-refractivity contribution in [1.29, 1.82) is 0 Å². The molecular weight excluding hydrogens is 328 g/mol. The zero-order chi connectivity index (χ0) is 17.1. The summed E-state index contributed by atoms with van der Waals surface area (Å²) in [4.78, 5) is 28.2. The predicted molar refractivity (Wildman–Crippen MR) is 90.9 cm³/mol. The van der Waals surface area contributed by atoms with Crippen molar-refractivity contribution in [2.45, 2.75) is 45.2 Å². The van der Waals surface area contributed by atoms with Crippen molar-refractivity contribution >= 4 is 29.2 Å². The van der Waals surface area contributed by atoms with Gasteiger partial charge in [0.05, 0.1) is 25.3 Å². The van der Waals surface area contributed by atoms with Crippen LogP contribution >= 0.6 is 12.2 Å². The lowest BCUT2D eigenvalue weighted by Gasteiger charge is -2.48. The highest BCUT2D eigenvalue weighted by Crippen LogP contribution is 2.35. The summed E-state index contributed by atoms with van der Waals surface area (Å²) in [5.74, 6) is 0.204. The Balaban J connectivity index is 1.83. The minimum atomic E-state index is -0.430. The first kappa shape index (κ1) is 17.0. The lowest BCUT2D eigenvalue weighted by atomic mass is 9.81. The van der Waals surface area contributed by atoms with Crippen LogP contribution in [0.2, 0.25) is 0 Å². The van der Waals surface area contributed by atoms with Crippen LogP contribution in [0.1, 0.15) is 38.4 Å². The van der Waals surface area contributed by atoms with Gasteiger partial charge in [0.2, 0.25) is 5.91 Å².